The van der Waals surface area contributed by atoms with Crippen LogP contribution in [-0.4, -0.2) is 34.2 Å². The lowest BCUT2D eigenvalue weighted by Gasteiger charge is -2.29. The Balaban J connectivity index is 2.54. The summed E-state index contributed by atoms with van der Waals surface area (Å²) in [7, 11) is -0.555. The van der Waals surface area contributed by atoms with Gasteiger partial charge >= 0.3 is 12.1 Å². The highest BCUT2D eigenvalue weighted by atomic mass is 32.2. The molecule has 0 aliphatic heterocycles. The Morgan fingerprint density at radius 1 is 1.00 bits per heavy atom. The van der Waals surface area contributed by atoms with Crippen molar-refractivity contribution in [3.63, 3.8) is 0 Å². The van der Waals surface area contributed by atoms with Crippen LogP contribution in [0.3, 0.4) is 0 Å². The summed E-state index contributed by atoms with van der Waals surface area (Å²) in [6.45, 7) is 7.13. The van der Waals surface area contributed by atoms with E-state index >= 15 is 0 Å². The summed E-state index contributed by atoms with van der Waals surface area (Å²) >= 11 is 0. The predicted molar refractivity (Wildman–Crippen MR) is 112 cm³/mol. The number of alkyl carbamates (subject to hydrolysis) is 1. The average Bonchev–Trinajstić information content (AvgIpc) is 2.67. The van der Waals surface area contributed by atoms with Crippen LogP contribution in [0.25, 0.3) is 0 Å². The van der Waals surface area contributed by atoms with Gasteiger partial charge in [-0.1, -0.05) is 48.0 Å². The Kier molecular flexibility index (Phi) is 7.56. The zero-order chi connectivity index (χ0) is 21.6. The highest BCUT2D eigenvalue weighted by Gasteiger charge is 2.39. The molecule has 0 aliphatic rings. The smallest absolute Gasteiger partial charge is 0.407 e. The quantitative estimate of drug-likeness (QED) is 0.721. The van der Waals surface area contributed by atoms with Crippen LogP contribution in [0.1, 0.15) is 37.9 Å². The molecule has 6 nitrogen and oxygen atoms in total. The maximum atomic E-state index is 13.5. The highest BCUT2D eigenvalue weighted by Crippen LogP contribution is 2.27. The van der Waals surface area contributed by atoms with E-state index in [0.717, 1.165) is 5.56 Å². The van der Waals surface area contributed by atoms with Crippen molar-refractivity contribution in [2.45, 2.75) is 49.5 Å². The van der Waals surface area contributed by atoms with Gasteiger partial charge in [0.2, 0.25) is 0 Å². The molecule has 156 valence electrons. The third-order valence-electron chi connectivity index (χ3n) is 4.04. The third-order valence-corrected chi connectivity index (χ3v) is 5.71. The summed E-state index contributed by atoms with van der Waals surface area (Å²) in [5, 5.41) is 1.49. The molecule has 1 N–H and O–H groups in total. The molecule has 0 bridgehead atoms. The first-order chi connectivity index (χ1) is 13.6. The number of hydrogen-bond acceptors (Lipinski definition) is 5. The first kappa shape index (κ1) is 22.6. The van der Waals surface area contributed by atoms with Crippen LogP contribution in [0.4, 0.5) is 4.79 Å². The van der Waals surface area contributed by atoms with Gasteiger partial charge in [-0.2, -0.15) is 0 Å². The van der Waals surface area contributed by atoms with Gasteiger partial charge in [0.25, 0.3) is 0 Å². The summed E-state index contributed by atoms with van der Waals surface area (Å²) in [6.07, 6.45) is -0.728. The largest absolute Gasteiger partial charge is 0.459 e. The lowest BCUT2D eigenvalue weighted by atomic mass is 10.0. The Labute approximate surface area is 174 Å². The lowest BCUT2D eigenvalue weighted by Crippen LogP contribution is -2.45. The van der Waals surface area contributed by atoms with Crippen molar-refractivity contribution in [2.75, 3.05) is 7.11 Å². The molecule has 0 radical (unpaired) electrons. The molecule has 0 saturated carbocycles. The Morgan fingerprint density at radius 2 is 1.59 bits per heavy atom. The van der Waals surface area contributed by atoms with Crippen LogP contribution in [0, 0.1) is 6.92 Å². The van der Waals surface area contributed by atoms with Gasteiger partial charge in [-0.05, 0) is 45.4 Å². The molecule has 7 heteroatoms. The second-order valence-electron chi connectivity index (χ2n) is 7.59. The summed E-state index contributed by atoms with van der Waals surface area (Å²) in [5.41, 5.74) is 0.848. The van der Waals surface area contributed by atoms with E-state index in [1.165, 1.54) is 7.11 Å². The summed E-state index contributed by atoms with van der Waals surface area (Å²) < 4.78 is 23.8. The van der Waals surface area contributed by atoms with Crippen LogP contribution >= 0.6 is 0 Å². The molecular weight excluding hydrogens is 390 g/mol. The molecule has 2 aromatic rings. The molecule has 1 unspecified atom stereocenters. The second-order valence-corrected chi connectivity index (χ2v) is 9.16. The van der Waals surface area contributed by atoms with E-state index < -0.39 is 39.8 Å². The molecule has 0 spiro atoms. The van der Waals surface area contributed by atoms with Crippen molar-refractivity contribution in [2.24, 2.45) is 0 Å². The number of ether oxygens (including phenoxy) is 2. The van der Waals surface area contributed by atoms with Gasteiger partial charge in [-0.15, -0.1) is 0 Å². The maximum Gasteiger partial charge on any atom is 0.407 e. The molecule has 2 aromatic carbocycles. The van der Waals surface area contributed by atoms with Crippen molar-refractivity contribution < 1.29 is 23.3 Å². The number of benzene rings is 2. The summed E-state index contributed by atoms with van der Waals surface area (Å²) in [5.74, 6) is -0.665. The first-order valence-corrected chi connectivity index (χ1v) is 10.4. The van der Waals surface area contributed by atoms with Gasteiger partial charge in [0.15, 0.2) is 5.25 Å². The fraction of sp³-hybridized carbons (Fsp3) is 0.364. The summed E-state index contributed by atoms with van der Waals surface area (Å²) in [6, 6.07) is 15.1. The van der Waals surface area contributed by atoms with E-state index in [9.17, 15) is 13.8 Å². The van der Waals surface area contributed by atoms with Crippen molar-refractivity contribution in [3.05, 3.63) is 65.7 Å². The van der Waals surface area contributed by atoms with Gasteiger partial charge < -0.3 is 14.8 Å². The van der Waals surface area contributed by atoms with Crippen LogP contribution in [0.15, 0.2) is 59.5 Å². The minimum atomic E-state index is -1.79. The predicted octanol–water partition coefficient (Wildman–Crippen LogP) is 3.91. The number of nitrogens with one attached hydrogen (secondary N) is 1. The topological polar surface area (TPSA) is 81.7 Å². The molecule has 0 aromatic heterocycles. The van der Waals surface area contributed by atoms with Crippen molar-refractivity contribution in [1.29, 1.82) is 0 Å². The van der Waals surface area contributed by atoms with E-state index in [-0.39, 0.29) is 0 Å². The minimum Gasteiger partial charge on any atom is -0.459 e. The highest BCUT2D eigenvalue weighted by molar-refractivity contribution is 7.86. The Morgan fingerprint density at radius 3 is 2.10 bits per heavy atom. The molecule has 0 saturated heterocycles. The van der Waals surface area contributed by atoms with Gasteiger partial charge in [-0.3, -0.25) is 9.00 Å². The number of carbonyl (C=O) groups is 2. The standard InChI is InChI=1S/C22H27NO5S/c1-15-11-13-17(14-12-15)29(26)19(20(24)28-22(2,3)4)18(23-21(25)27-5)16-9-7-6-8-10-16/h6-14,18-19H,1-5H3,(H,23,25)/t18-,19?,29-/m0/s1. The minimum absolute atomic E-state index is 0.471. The number of methoxy groups -OCH3 is 1. The van der Waals surface area contributed by atoms with Crippen LogP contribution in [-0.2, 0) is 25.1 Å². The zero-order valence-electron chi connectivity index (χ0n) is 17.3. The SMILES string of the molecule is COC(=O)N[C@@H](c1ccccc1)C(C(=O)OC(C)(C)C)[S@@](=O)c1ccc(C)cc1. The van der Waals surface area contributed by atoms with E-state index in [2.05, 4.69) is 5.32 Å². The fourth-order valence-electron chi connectivity index (χ4n) is 2.71. The monoisotopic (exact) mass is 417 g/mol. The second kappa shape index (κ2) is 9.69. The van der Waals surface area contributed by atoms with Crippen molar-refractivity contribution >= 4 is 22.9 Å². The number of rotatable bonds is 6. The number of hydrogen-bond donors (Lipinski definition) is 1. The lowest BCUT2D eigenvalue weighted by molar-refractivity contribution is -0.154. The van der Waals surface area contributed by atoms with Gasteiger partial charge in [0, 0.05) is 4.90 Å². The summed E-state index contributed by atoms with van der Waals surface area (Å²) in [4.78, 5) is 25.6. The van der Waals surface area contributed by atoms with Crippen LogP contribution in [0.2, 0.25) is 0 Å². The van der Waals surface area contributed by atoms with Crippen molar-refractivity contribution in [1.82, 2.24) is 5.32 Å². The molecule has 0 aliphatic carbocycles. The number of carbonyl (C=O) groups excluding carboxylic acids is 2. The Bertz CT molecular complexity index is 859. The number of aryl methyl sites for hydroxylation is 1. The fourth-order valence-corrected chi connectivity index (χ4v) is 4.10. The maximum absolute atomic E-state index is 13.5. The first-order valence-electron chi connectivity index (χ1n) is 9.22. The van der Waals surface area contributed by atoms with Gasteiger partial charge in [0.1, 0.15) is 5.60 Å². The molecule has 3 atom stereocenters. The molecular formula is C22H27NO5S. The van der Waals surface area contributed by atoms with E-state index in [0.29, 0.717) is 10.5 Å². The van der Waals surface area contributed by atoms with E-state index in [4.69, 9.17) is 9.47 Å². The van der Waals surface area contributed by atoms with Crippen molar-refractivity contribution in [3.8, 4) is 0 Å². The molecule has 2 rings (SSSR count). The number of esters is 1. The van der Waals surface area contributed by atoms with Crippen LogP contribution in [0.5, 0.6) is 0 Å². The van der Waals surface area contributed by atoms with E-state index in [1.807, 2.05) is 25.1 Å². The van der Waals surface area contributed by atoms with Crippen LogP contribution < -0.4 is 5.32 Å². The third kappa shape index (κ3) is 6.42. The molecule has 0 heterocycles. The zero-order valence-corrected chi connectivity index (χ0v) is 18.1. The van der Waals surface area contributed by atoms with Gasteiger partial charge in [-0.25, -0.2) is 4.79 Å². The number of amides is 1. The average molecular weight is 418 g/mol. The van der Waals surface area contributed by atoms with E-state index in [1.54, 1.807) is 57.2 Å². The molecule has 0 fully saturated rings. The normalized spacial score (nSPS) is 14.4. The Hall–Kier alpha value is -2.67. The molecule has 29 heavy (non-hydrogen) atoms. The van der Waals surface area contributed by atoms with Gasteiger partial charge in [0.05, 0.1) is 24.0 Å². The molecule has 1 amide bonds.